The Morgan fingerprint density at radius 3 is 2.00 bits per heavy atom. The van der Waals surface area contributed by atoms with Crippen LogP contribution >= 0.6 is 11.6 Å². The molecule has 0 radical (unpaired) electrons. The van der Waals surface area contributed by atoms with Crippen LogP contribution in [0, 0.1) is 0 Å². The van der Waals surface area contributed by atoms with Crippen LogP contribution in [0.25, 0.3) is 0 Å². The van der Waals surface area contributed by atoms with Crippen LogP contribution in [0.3, 0.4) is 0 Å². The van der Waals surface area contributed by atoms with Crippen LogP contribution in [0.4, 0.5) is 11.4 Å². The van der Waals surface area contributed by atoms with Crippen LogP contribution in [-0.4, -0.2) is 17.7 Å². The highest BCUT2D eigenvalue weighted by Gasteiger charge is 2.25. The molecular formula is C17H11ClN2O3. The highest BCUT2D eigenvalue weighted by molar-refractivity contribution is 6.30. The Kier molecular flexibility index (Phi) is 3.95. The second-order valence-corrected chi connectivity index (χ2v) is 5.29. The summed E-state index contributed by atoms with van der Waals surface area (Å²) in [4.78, 5) is 36.4. The molecule has 0 saturated heterocycles. The zero-order valence-corrected chi connectivity index (χ0v) is 12.6. The van der Waals surface area contributed by atoms with E-state index >= 15 is 0 Å². The van der Waals surface area contributed by atoms with E-state index in [1.807, 2.05) is 0 Å². The van der Waals surface area contributed by atoms with E-state index in [0.717, 1.165) is 4.90 Å². The summed E-state index contributed by atoms with van der Waals surface area (Å²) in [6, 6.07) is 13.0. The van der Waals surface area contributed by atoms with Crippen molar-refractivity contribution in [3.05, 3.63) is 71.3 Å². The monoisotopic (exact) mass is 326 g/mol. The summed E-state index contributed by atoms with van der Waals surface area (Å²) in [7, 11) is 0. The van der Waals surface area contributed by atoms with Gasteiger partial charge in [-0.15, -0.1) is 0 Å². The lowest BCUT2D eigenvalue weighted by Gasteiger charge is -2.14. The molecular weight excluding hydrogens is 316 g/mol. The maximum absolute atomic E-state index is 12.2. The number of carbonyl (C=O) groups is 3. The fourth-order valence-electron chi connectivity index (χ4n) is 2.15. The standard InChI is InChI=1S/C17H11ClN2O3/c18-12-3-5-13(6-4-12)19-17(23)11-1-7-14(8-2-11)20-15(21)9-10-16(20)22/h1-10H,(H,19,23). The summed E-state index contributed by atoms with van der Waals surface area (Å²) >= 11 is 5.79. The molecule has 0 saturated carbocycles. The molecule has 0 fully saturated rings. The largest absolute Gasteiger partial charge is 0.322 e. The minimum atomic E-state index is -0.395. The molecule has 1 N–H and O–H groups in total. The van der Waals surface area contributed by atoms with E-state index in [9.17, 15) is 14.4 Å². The van der Waals surface area contributed by atoms with Crippen molar-refractivity contribution in [1.29, 1.82) is 0 Å². The normalized spacial score (nSPS) is 13.5. The lowest BCUT2D eigenvalue weighted by Crippen LogP contribution is -2.29. The molecule has 1 heterocycles. The first-order valence-corrected chi connectivity index (χ1v) is 7.15. The molecule has 0 aromatic heterocycles. The van der Waals surface area contributed by atoms with Crippen LogP contribution in [0.15, 0.2) is 60.7 Å². The van der Waals surface area contributed by atoms with E-state index in [4.69, 9.17) is 11.6 Å². The summed E-state index contributed by atoms with van der Waals surface area (Å²) in [5, 5.41) is 3.32. The van der Waals surface area contributed by atoms with Crippen molar-refractivity contribution >= 4 is 40.7 Å². The van der Waals surface area contributed by atoms with E-state index in [1.165, 1.54) is 12.2 Å². The van der Waals surface area contributed by atoms with Crippen LogP contribution < -0.4 is 10.2 Å². The molecule has 3 rings (SSSR count). The number of hydrogen-bond acceptors (Lipinski definition) is 3. The SMILES string of the molecule is O=C(Nc1ccc(Cl)cc1)c1ccc(N2C(=O)C=CC2=O)cc1. The third-order valence-corrected chi connectivity index (χ3v) is 3.55. The van der Waals surface area contributed by atoms with Crippen molar-refractivity contribution in [3.63, 3.8) is 0 Å². The summed E-state index contributed by atoms with van der Waals surface area (Å²) in [6.07, 6.45) is 2.42. The Balaban J connectivity index is 1.74. The third-order valence-electron chi connectivity index (χ3n) is 3.30. The Labute approximate surface area is 137 Å². The molecule has 5 nitrogen and oxygen atoms in total. The van der Waals surface area contributed by atoms with Crippen molar-refractivity contribution in [1.82, 2.24) is 0 Å². The number of anilines is 2. The lowest BCUT2D eigenvalue weighted by atomic mass is 10.1. The lowest BCUT2D eigenvalue weighted by molar-refractivity contribution is -0.119. The highest BCUT2D eigenvalue weighted by atomic mass is 35.5. The number of nitrogens with zero attached hydrogens (tertiary/aromatic N) is 1. The number of benzene rings is 2. The molecule has 3 amide bonds. The molecule has 0 spiro atoms. The molecule has 23 heavy (non-hydrogen) atoms. The van der Waals surface area contributed by atoms with Crippen LogP contribution in [0.1, 0.15) is 10.4 Å². The maximum atomic E-state index is 12.2. The molecule has 2 aromatic carbocycles. The number of nitrogens with one attached hydrogen (secondary N) is 1. The average Bonchev–Trinajstić information content (AvgIpc) is 2.88. The number of rotatable bonds is 3. The van der Waals surface area contributed by atoms with Crippen LogP contribution in [-0.2, 0) is 9.59 Å². The van der Waals surface area contributed by atoms with Gasteiger partial charge in [0.1, 0.15) is 0 Å². The van der Waals surface area contributed by atoms with E-state index in [-0.39, 0.29) is 5.91 Å². The molecule has 0 unspecified atom stereocenters. The fourth-order valence-corrected chi connectivity index (χ4v) is 2.28. The Morgan fingerprint density at radius 1 is 0.870 bits per heavy atom. The predicted molar refractivity (Wildman–Crippen MR) is 87.5 cm³/mol. The van der Waals surface area contributed by atoms with Gasteiger partial charge in [-0.2, -0.15) is 0 Å². The van der Waals surface area contributed by atoms with E-state index in [2.05, 4.69) is 5.32 Å². The minimum Gasteiger partial charge on any atom is -0.322 e. The van der Waals surface area contributed by atoms with Crippen molar-refractivity contribution in [2.24, 2.45) is 0 Å². The van der Waals surface area contributed by atoms with Gasteiger partial charge in [0.05, 0.1) is 5.69 Å². The number of imide groups is 1. The van der Waals surface area contributed by atoms with Gasteiger partial charge < -0.3 is 5.32 Å². The second kappa shape index (κ2) is 6.06. The van der Waals surface area contributed by atoms with Crippen LogP contribution in [0.5, 0.6) is 0 Å². The highest BCUT2D eigenvalue weighted by Crippen LogP contribution is 2.20. The molecule has 0 bridgehead atoms. The first-order chi connectivity index (χ1) is 11.0. The molecule has 1 aliphatic heterocycles. The maximum Gasteiger partial charge on any atom is 0.258 e. The quantitative estimate of drug-likeness (QED) is 0.882. The van der Waals surface area contributed by atoms with Gasteiger partial charge in [-0.05, 0) is 48.5 Å². The Hall–Kier alpha value is -2.92. The van der Waals surface area contributed by atoms with Crippen molar-refractivity contribution in [3.8, 4) is 0 Å². The first-order valence-electron chi connectivity index (χ1n) is 6.78. The van der Waals surface area contributed by atoms with Gasteiger partial charge in [0.15, 0.2) is 0 Å². The summed E-state index contributed by atoms with van der Waals surface area (Å²) in [5.74, 6) is -1.09. The summed E-state index contributed by atoms with van der Waals surface area (Å²) < 4.78 is 0. The molecule has 1 aliphatic rings. The van der Waals surface area contributed by atoms with Crippen molar-refractivity contribution in [2.75, 3.05) is 10.2 Å². The summed E-state index contributed by atoms with van der Waals surface area (Å²) in [5.41, 5.74) is 1.46. The molecule has 6 heteroatoms. The van der Waals surface area contributed by atoms with Crippen molar-refractivity contribution in [2.45, 2.75) is 0 Å². The second-order valence-electron chi connectivity index (χ2n) is 4.85. The zero-order chi connectivity index (χ0) is 16.4. The van der Waals surface area contributed by atoms with Crippen molar-refractivity contribution < 1.29 is 14.4 Å². The van der Waals surface area contributed by atoms with Gasteiger partial charge in [-0.1, -0.05) is 11.6 Å². The predicted octanol–water partition coefficient (Wildman–Crippen LogP) is 3.02. The van der Waals surface area contributed by atoms with Crippen LogP contribution in [0.2, 0.25) is 5.02 Å². The van der Waals surface area contributed by atoms with Gasteiger partial charge in [-0.25, -0.2) is 4.90 Å². The van der Waals surface area contributed by atoms with E-state index < -0.39 is 11.8 Å². The van der Waals surface area contributed by atoms with E-state index in [0.29, 0.717) is 22.0 Å². The number of amides is 3. The zero-order valence-electron chi connectivity index (χ0n) is 11.8. The number of halogens is 1. The van der Waals surface area contributed by atoms with E-state index in [1.54, 1.807) is 48.5 Å². The Morgan fingerprint density at radius 2 is 1.43 bits per heavy atom. The molecule has 0 atom stereocenters. The minimum absolute atomic E-state index is 0.295. The molecule has 2 aromatic rings. The number of carbonyl (C=O) groups excluding carboxylic acids is 3. The fraction of sp³-hybridized carbons (Fsp3) is 0. The van der Waals surface area contributed by atoms with Gasteiger partial charge in [-0.3, -0.25) is 14.4 Å². The first kappa shape index (κ1) is 15.0. The third kappa shape index (κ3) is 3.14. The van der Waals surface area contributed by atoms with Gasteiger partial charge >= 0.3 is 0 Å². The summed E-state index contributed by atoms with van der Waals surface area (Å²) in [6.45, 7) is 0. The average molecular weight is 327 g/mol. The molecule has 114 valence electrons. The number of hydrogen-bond donors (Lipinski definition) is 1. The topological polar surface area (TPSA) is 66.5 Å². The van der Waals surface area contributed by atoms with Gasteiger partial charge in [0, 0.05) is 28.4 Å². The smallest absolute Gasteiger partial charge is 0.258 e. The van der Waals surface area contributed by atoms with Gasteiger partial charge in [0.25, 0.3) is 17.7 Å². The molecule has 0 aliphatic carbocycles. The Bertz CT molecular complexity index is 793. The van der Waals surface area contributed by atoms with Gasteiger partial charge in [0.2, 0.25) is 0 Å².